The van der Waals surface area contributed by atoms with Crippen LogP contribution in [0.1, 0.15) is 11.1 Å². The highest BCUT2D eigenvalue weighted by Gasteiger charge is 2.30. The van der Waals surface area contributed by atoms with Crippen molar-refractivity contribution in [3.8, 4) is 5.75 Å². The lowest BCUT2D eigenvalue weighted by Crippen LogP contribution is -2.44. The van der Waals surface area contributed by atoms with E-state index in [0.29, 0.717) is 5.56 Å². The van der Waals surface area contributed by atoms with E-state index in [2.05, 4.69) is 10.9 Å². The van der Waals surface area contributed by atoms with Gasteiger partial charge in [-0.3, -0.25) is 20.4 Å². The summed E-state index contributed by atoms with van der Waals surface area (Å²) in [5, 5.41) is 0. The van der Waals surface area contributed by atoms with Gasteiger partial charge in [0, 0.05) is 0 Å². The number of halogens is 4. The molecule has 2 N–H and O–H groups in total. The van der Waals surface area contributed by atoms with Crippen molar-refractivity contribution in [1.29, 1.82) is 0 Å². The monoisotopic (exact) mass is 370 g/mol. The van der Waals surface area contributed by atoms with E-state index >= 15 is 0 Å². The van der Waals surface area contributed by atoms with Crippen LogP contribution in [0.5, 0.6) is 5.75 Å². The van der Waals surface area contributed by atoms with Crippen molar-refractivity contribution in [2.45, 2.75) is 12.6 Å². The van der Waals surface area contributed by atoms with E-state index in [1.807, 2.05) is 0 Å². The van der Waals surface area contributed by atoms with Gasteiger partial charge >= 0.3 is 6.18 Å². The van der Waals surface area contributed by atoms with E-state index in [0.717, 1.165) is 18.2 Å². The number of rotatable bonds is 5. The second-order valence-electron chi connectivity index (χ2n) is 5.22. The number of hydrogen-bond donors (Lipinski definition) is 2. The Kier molecular flexibility index (Phi) is 6.16. The average molecular weight is 370 g/mol. The molecule has 0 heterocycles. The molecule has 0 radical (unpaired) electrons. The molecule has 0 atom stereocenters. The predicted molar refractivity (Wildman–Crippen MR) is 83.3 cm³/mol. The third kappa shape index (κ3) is 6.08. The average Bonchev–Trinajstić information content (AvgIpc) is 2.58. The van der Waals surface area contributed by atoms with Crippen molar-refractivity contribution in [3.05, 3.63) is 65.5 Å². The van der Waals surface area contributed by atoms with Gasteiger partial charge in [0.05, 0.1) is 12.0 Å². The van der Waals surface area contributed by atoms with Gasteiger partial charge < -0.3 is 4.74 Å². The van der Waals surface area contributed by atoms with Gasteiger partial charge in [0.1, 0.15) is 11.6 Å². The smallest absolute Gasteiger partial charge is 0.416 e. The van der Waals surface area contributed by atoms with Crippen molar-refractivity contribution < 1.29 is 31.9 Å². The van der Waals surface area contributed by atoms with Gasteiger partial charge in [-0.05, 0) is 35.9 Å². The second kappa shape index (κ2) is 8.32. The standard InChI is InChI=1S/C17H14F4N2O3/c18-13-5-1-3-11(7-13)8-15(24)22-23-16(25)10-26-14-6-2-4-12(9-14)17(19,20)21/h1-7,9H,8,10H2,(H,22,24)(H,23,25). The molecule has 2 amide bonds. The van der Waals surface area contributed by atoms with Crippen LogP contribution >= 0.6 is 0 Å². The Hall–Kier alpha value is -3.10. The summed E-state index contributed by atoms with van der Waals surface area (Å²) in [5.41, 5.74) is 3.66. The molecule has 0 aromatic heterocycles. The first-order chi connectivity index (χ1) is 12.2. The third-order valence-corrected chi connectivity index (χ3v) is 3.13. The van der Waals surface area contributed by atoms with Gasteiger partial charge in [0.25, 0.3) is 5.91 Å². The van der Waals surface area contributed by atoms with Gasteiger partial charge in [-0.25, -0.2) is 4.39 Å². The summed E-state index contributed by atoms with van der Waals surface area (Å²) in [4.78, 5) is 23.2. The van der Waals surface area contributed by atoms with Crippen molar-refractivity contribution in [1.82, 2.24) is 10.9 Å². The van der Waals surface area contributed by atoms with Crippen LogP contribution in [0.25, 0.3) is 0 Å². The zero-order valence-electron chi connectivity index (χ0n) is 13.3. The number of nitrogens with one attached hydrogen (secondary N) is 2. The Balaban J connectivity index is 1.78. The molecule has 5 nitrogen and oxygen atoms in total. The maximum atomic E-state index is 13.0. The largest absolute Gasteiger partial charge is 0.484 e. The van der Waals surface area contributed by atoms with Crippen molar-refractivity contribution in [2.75, 3.05) is 6.61 Å². The molecule has 0 saturated heterocycles. The number of alkyl halides is 3. The summed E-state index contributed by atoms with van der Waals surface area (Å²) in [6, 6.07) is 9.45. The van der Waals surface area contributed by atoms with Crippen LogP contribution in [0, 0.1) is 5.82 Å². The van der Waals surface area contributed by atoms with Crippen LogP contribution in [0.3, 0.4) is 0 Å². The first-order valence-corrected chi connectivity index (χ1v) is 7.36. The fourth-order valence-electron chi connectivity index (χ4n) is 1.96. The molecule has 0 bridgehead atoms. The lowest BCUT2D eigenvalue weighted by Gasteiger charge is -2.11. The molecule has 26 heavy (non-hydrogen) atoms. The predicted octanol–water partition coefficient (Wildman–Crippen LogP) is 2.61. The molecule has 0 aliphatic heterocycles. The molecule has 2 aromatic rings. The Labute approximate surface area is 145 Å². The SMILES string of the molecule is O=C(COc1cccc(C(F)(F)F)c1)NNC(=O)Cc1cccc(F)c1. The molecule has 2 aromatic carbocycles. The molecule has 0 unspecified atom stereocenters. The summed E-state index contributed by atoms with van der Waals surface area (Å²) >= 11 is 0. The van der Waals surface area contributed by atoms with Gasteiger partial charge in [-0.15, -0.1) is 0 Å². The Morgan fingerprint density at radius 3 is 2.35 bits per heavy atom. The van der Waals surface area contributed by atoms with Gasteiger partial charge in [0.15, 0.2) is 6.61 Å². The molecule has 138 valence electrons. The number of hydrogen-bond acceptors (Lipinski definition) is 3. The number of amides is 2. The van der Waals surface area contributed by atoms with Crippen molar-refractivity contribution >= 4 is 11.8 Å². The van der Waals surface area contributed by atoms with E-state index in [1.54, 1.807) is 6.07 Å². The minimum atomic E-state index is -4.52. The van der Waals surface area contributed by atoms with Crippen molar-refractivity contribution in [2.24, 2.45) is 0 Å². The summed E-state index contributed by atoms with van der Waals surface area (Å²) < 4.78 is 55.7. The fraction of sp³-hybridized carbons (Fsp3) is 0.176. The first kappa shape index (κ1) is 19.2. The fourth-order valence-corrected chi connectivity index (χ4v) is 1.96. The van der Waals surface area contributed by atoms with E-state index in [-0.39, 0.29) is 12.2 Å². The zero-order valence-corrected chi connectivity index (χ0v) is 13.3. The van der Waals surface area contributed by atoms with Crippen LogP contribution in [-0.2, 0) is 22.2 Å². The van der Waals surface area contributed by atoms with Crippen LogP contribution < -0.4 is 15.6 Å². The topological polar surface area (TPSA) is 67.4 Å². The molecule has 2 rings (SSSR count). The lowest BCUT2D eigenvalue weighted by atomic mass is 10.1. The van der Waals surface area contributed by atoms with Gasteiger partial charge in [-0.2, -0.15) is 13.2 Å². The van der Waals surface area contributed by atoms with Gasteiger partial charge in [-0.1, -0.05) is 18.2 Å². The number of carbonyl (C=O) groups excluding carboxylic acids is 2. The van der Waals surface area contributed by atoms with E-state index in [9.17, 15) is 27.2 Å². The molecular formula is C17H14F4N2O3. The zero-order chi connectivity index (χ0) is 19.2. The summed E-state index contributed by atoms with van der Waals surface area (Å²) in [5.74, 6) is -1.99. The van der Waals surface area contributed by atoms with E-state index < -0.39 is 36.0 Å². The van der Waals surface area contributed by atoms with E-state index in [1.165, 1.54) is 24.3 Å². The summed E-state index contributed by atoms with van der Waals surface area (Å²) in [6.45, 7) is -0.596. The third-order valence-electron chi connectivity index (χ3n) is 3.13. The number of hydrazine groups is 1. The minimum absolute atomic E-state index is 0.138. The first-order valence-electron chi connectivity index (χ1n) is 7.36. The highest BCUT2D eigenvalue weighted by Crippen LogP contribution is 2.31. The quantitative estimate of drug-likeness (QED) is 0.628. The van der Waals surface area contributed by atoms with Crippen molar-refractivity contribution in [3.63, 3.8) is 0 Å². The molecule has 0 spiro atoms. The molecule has 0 saturated carbocycles. The maximum absolute atomic E-state index is 13.0. The van der Waals surface area contributed by atoms with Crippen LogP contribution in [0.2, 0.25) is 0 Å². The highest BCUT2D eigenvalue weighted by molar-refractivity contribution is 5.83. The molecular weight excluding hydrogens is 356 g/mol. The molecule has 0 aliphatic carbocycles. The molecule has 0 fully saturated rings. The number of carbonyl (C=O) groups is 2. The second-order valence-corrected chi connectivity index (χ2v) is 5.22. The van der Waals surface area contributed by atoms with Crippen LogP contribution in [0.15, 0.2) is 48.5 Å². The maximum Gasteiger partial charge on any atom is 0.416 e. The summed E-state index contributed by atoms with van der Waals surface area (Å²) in [7, 11) is 0. The molecule has 9 heteroatoms. The van der Waals surface area contributed by atoms with E-state index in [4.69, 9.17) is 4.74 Å². The normalized spacial score (nSPS) is 10.9. The molecule has 0 aliphatic rings. The summed E-state index contributed by atoms with van der Waals surface area (Å²) in [6.07, 6.45) is -4.68. The van der Waals surface area contributed by atoms with Gasteiger partial charge in [0.2, 0.25) is 5.91 Å². The number of benzene rings is 2. The highest BCUT2D eigenvalue weighted by atomic mass is 19.4. The van der Waals surface area contributed by atoms with Crippen LogP contribution in [0.4, 0.5) is 17.6 Å². The number of ether oxygens (including phenoxy) is 1. The Bertz CT molecular complexity index is 794. The Morgan fingerprint density at radius 1 is 0.962 bits per heavy atom. The minimum Gasteiger partial charge on any atom is -0.484 e. The van der Waals surface area contributed by atoms with Crippen LogP contribution in [-0.4, -0.2) is 18.4 Å². The Morgan fingerprint density at radius 2 is 1.65 bits per heavy atom. The lowest BCUT2D eigenvalue weighted by molar-refractivity contribution is -0.137.